The fourth-order valence-electron chi connectivity index (χ4n) is 5.50. The molecule has 0 spiro atoms. The monoisotopic (exact) mass is 638 g/mol. The minimum Gasteiger partial charge on any atom is -0.495 e. The van der Waals surface area contributed by atoms with Crippen molar-refractivity contribution in [3.8, 4) is 5.75 Å². The number of primary amides is 1. The van der Waals surface area contributed by atoms with E-state index in [2.05, 4.69) is 5.32 Å². The van der Waals surface area contributed by atoms with E-state index in [4.69, 9.17) is 15.2 Å². The summed E-state index contributed by atoms with van der Waals surface area (Å²) in [5.41, 5.74) is 0.510. The van der Waals surface area contributed by atoms with Crippen molar-refractivity contribution >= 4 is 41.5 Å². The number of rotatable bonds is 14. The number of urea groups is 1. The number of likely N-dealkylation sites (N-methyl/N-ethyl adjacent to an activating group) is 1. The number of hydrogen-bond acceptors (Lipinski definition) is 7. The summed E-state index contributed by atoms with van der Waals surface area (Å²) < 4.78 is 11.7. The maximum Gasteiger partial charge on any atom is 0.338 e. The molecule has 0 saturated heterocycles. The zero-order chi connectivity index (χ0) is 34.0. The highest BCUT2D eigenvalue weighted by Gasteiger charge is 2.67. The molecule has 4 N–H and O–H groups in total. The van der Waals surface area contributed by atoms with Crippen LogP contribution in [-0.2, 0) is 35.1 Å². The lowest BCUT2D eigenvalue weighted by molar-refractivity contribution is -0.180. The number of amides is 4. The average Bonchev–Trinajstić information content (AvgIpc) is 3.10. The van der Waals surface area contributed by atoms with Gasteiger partial charge in [0.05, 0.1) is 12.8 Å². The van der Waals surface area contributed by atoms with Gasteiger partial charge in [0.15, 0.2) is 0 Å². The normalized spacial score (nSPS) is 13.2. The number of anilines is 2. The van der Waals surface area contributed by atoms with Crippen molar-refractivity contribution in [2.75, 3.05) is 37.1 Å². The first-order chi connectivity index (χ1) is 22.6. The Morgan fingerprint density at radius 3 is 1.89 bits per heavy atom. The molecular weight excluding hydrogens is 604 g/mol. The Bertz CT molecular complexity index is 1720. The van der Waals surface area contributed by atoms with E-state index < -0.39 is 48.1 Å². The van der Waals surface area contributed by atoms with Gasteiger partial charge in [-0.1, -0.05) is 91.0 Å². The number of carbonyl (C=O) groups is 5. The van der Waals surface area contributed by atoms with Gasteiger partial charge in [-0.3, -0.25) is 14.5 Å². The number of ether oxygens (including phenoxy) is 2. The standard InChI is InChI=1S/C35H34N4O8/c1-38(27-18-10-5-11-19-27)30(41)24-39(28-20-12-13-21-29(28)46-2)31(42)35(47-23-22-40,26-16-8-4-9-17-26)34(32(43)44,37-33(36)45)25-14-6-3-7-15-25/h3-22H,23-24H2,1-2H3,(H,43,44)(H3,36,37,45). The summed E-state index contributed by atoms with van der Waals surface area (Å²) >= 11 is 0. The Morgan fingerprint density at radius 1 is 0.830 bits per heavy atom. The maximum atomic E-state index is 15.5. The first kappa shape index (κ1) is 33.9. The maximum absolute atomic E-state index is 15.5. The van der Waals surface area contributed by atoms with Crippen molar-refractivity contribution in [3.05, 3.63) is 126 Å². The van der Waals surface area contributed by atoms with Crippen molar-refractivity contribution in [2.24, 2.45) is 5.73 Å². The van der Waals surface area contributed by atoms with E-state index in [0.29, 0.717) is 12.0 Å². The molecule has 47 heavy (non-hydrogen) atoms. The van der Waals surface area contributed by atoms with E-state index in [1.165, 1.54) is 73.7 Å². The van der Waals surface area contributed by atoms with Gasteiger partial charge in [-0.2, -0.15) is 0 Å². The van der Waals surface area contributed by atoms with Crippen molar-refractivity contribution in [3.63, 3.8) is 0 Å². The lowest BCUT2D eigenvalue weighted by Gasteiger charge is -2.48. The van der Waals surface area contributed by atoms with E-state index in [9.17, 15) is 24.3 Å². The third-order valence-corrected chi connectivity index (χ3v) is 7.65. The van der Waals surface area contributed by atoms with Crippen LogP contribution in [0.15, 0.2) is 115 Å². The van der Waals surface area contributed by atoms with Gasteiger partial charge in [0, 0.05) is 12.7 Å². The number of nitrogens with one attached hydrogen (secondary N) is 1. The van der Waals surface area contributed by atoms with Crippen LogP contribution in [0.3, 0.4) is 0 Å². The molecule has 0 fully saturated rings. The molecule has 4 amide bonds. The van der Waals surface area contributed by atoms with Gasteiger partial charge in [-0.15, -0.1) is 0 Å². The number of aliphatic carboxylic acids is 1. The number of carboxylic acid groups (broad SMARTS) is 1. The second-order valence-electron chi connectivity index (χ2n) is 10.3. The fraction of sp³-hybridized carbons (Fsp3) is 0.171. The minimum absolute atomic E-state index is 0.0596. The van der Waals surface area contributed by atoms with Gasteiger partial charge in [-0.05, 0) is 35.4 Å². The number of nitrogens with zero attached hydrogens (tertiary/aromatic N) is 2. The first-order valence-corrected chi connectivity index (χ1v) is 14.4. The second kappa shape index (κ2) is 14.8. The Balaban J connectivity index is 2.11. The summed E-state index contributed by atoms with van der Waals surface area (Å²) in [6, 6.07) is 28.6. The topological polar surface area (TPSA) is 169 Å². The molecule has 4 rings (SSSR count). The molecule has 0 heterocycles. The third-order valence-electron chi connectivity index (χ3n) is 7.65. The largest absolute Gasteiger partial charge is 0.495 e. The molecule has 12 nitrogen and oxygen atoms in total. The highest BCUT2D eigenvalue weighted by molar-refractivity contribution is 6.11. The van der Waals surface area contributed by atoms with E-state index in [0.717, 1.165) is 4.90 Å². The number of carboxylic acids is 1. The average molecular weight is 639 g/mol. The molecule has 4 aromatic rings. The minimum atomic E-state index is -2.80. The Morgan fingerprint density at radius 2 is 1.36 bits per heavy atom. The number of methoxy groups -OCH3 is 1. The van der Waals surface area contributed by atoms with E-state index >= 15 is 4.79 Å². The van der Waals surface area contributed by atoms with Crippen LogP contribution < -0.4 is 25.6 Å². The number of hydrogen-bond donors (Lipinski definition) is 3. The third kappa shape index (κ3) is 6.53. The molecule has 2 unspecified atom stereocenters. The van der Waals surface area contributed by atoms with Crippen molar-refractivity contribution in [1.82, 2.24) is 5.32 Å². The predicted molar refractivity (Wildman–Crippen MR) is 174 cm³/mol. The highest BCUT2D eigenvalue weighted by Crippen LogP contribution is 2.47. The number of para-hydroxylation sites is 3. The van der Waals surface area contributed by atoms with Crippen LogP contribution in [0, 0.1) is 0 Å². The number of carbonyl (C=O) groups excluding carboxylic acids is 4. The lowest BCUT2D eigenvalue weighted by atomic mass is 9.69. The van der Waals surface area contributed by atoms with Gasteiger partial charge in [0.2, 0.25) is 17.0 Å². The first-order valence-electron chi connectivity index (χ1n) is 14.4. The molecule has 0 aliphatic heterocycles. The van der Waals surface area contributed by atoms with Crippen LogP contribution in [0.4, 0.5) is 16.2 Å². The highest BCUT2D eigenvalue weighted by atomic mass is 16.5. The molecule has 0 aliphatic carbocycles. The Kier molecular flexibility index (Phi) is 10.7. The van der Waals surface area contributed by atoms with Gasteiger partial charge >= 0.3 is 12.0 Å². The summed E-state index contributed by atoms with van der Waals surface area (Å²) in [6.07, 6.45) is 0.342. The zero-order valence-corrected chi connectivity index (χ0v) is 25.7. The Hall–Kier alpha value is -6.01. The summed E-state index contributed by atoms with van der Waals surface area (Å²) in [7, 11) is 2.89. The number of nitrogens with two attached hydrogens (primary N) is 1. The van der Waals surface area contributed by atoms with Gasteiger partial charge in [0.1, 0.15) is 25.2 Å². The number of benzene rings is 4. The molecule has 0 bridgehead atoms. The van der Waals surface area contributed by atoms with Gasteiger partial charge in [0.25, 0.3) is 5.91 Å². The van der Waals surface area contributed by atoms with Crippen LogP contribution in [0.5, 0.6) is 5.75 Å². The van der Waals surface area contributed by atoms with Crippen molar-refractivity contribution < 1.29 is 38.6 Å². The van der Waals surface area contributed by atoms with Crippen LogP contribution in [-0.4, -0.2) is 62.5 Å². The van der Waals surface area contributed by atoms with E-state index in [-0.39, 0.29) is 22.6 Å². The van der Waals surface area contributed by atoms with E-state index in [1.807, 2.05) is 0 Å². The molecule has 2 atom stereocenters. The fourth-order valence-corrected chi connectivity index (χ4v) is 5.50. The van der Waals surface area contributed by atoms with Crippen molar-refractivity contribution in [2.45, 2.75) is 11.1 Å². The van der Waals surface area contributed by atoms with Crippen LogP contribution in [0.1, 0.15) is 11.1 Å². The second-order valence-corrected chi connectivity index (χ2v) is 10.3. The van der Waals surface area contributed by atoms with Crippen LogP contribution in [0.2, 0.25) is 0 Å². The lowest BCUT2D eigenvalue weighted by Crippen LogP contribution is -2.71. The summed E-state index contributed by atoms with van der Waals surface area (Å²) in [6.45, 7) is -1.44. The molecule has 0 radical (unpaired) electrons. The Labute approximate surface area is 271 Å². The van der Waals surface area contributed by atoms with Gasteiger partial charge < -0.3 is 35.3 Å². The molecule has 0 saturated carbocycles. The van der Waals surface area contributed by atoms with Crippen LogP contribution >= 0.6 is 0 Å². The number of aldehydes is 1. The smallest absolute Gasteiger partial charge is 0.338 e. The molecule has 0 aliphatic rings. The molecule has 0 aromatic heterocycles. The SMILES string of the molecule is COc1ccccc1N(CC(=O)N(C)c1ccccc1)C(=O)C(OCC=O)(c1ccccc1)C(NC(N)=O)(C(=O)O)c1ccccc1. The summed E-state index contributed by atoms with van der Waals surface area (Å²) in [4.78, 5) is 70.2. The molecular formula is C35H34N4O8. The van der Waals surface area contributed by atoms with Crippen molar-refractivity contribution in [1.29, 1.82) is 0 Å². The molecule has 242 valence electrons. The van der Waals surface area contributed by atoms with E-state index in [1.54, 1.807) is 60.7 Å². The predicted octanol–water partition coefficient (Wildman–Crippen LogP) is 3.45. The zero-order valence-electron chi connectivity index (χ0n) is 25.7. The summed E-state index contributed by atoms with van der Waals surface area (Å²) in [5, 5.41) is 13.4. The summed E-state index contributed by atoms with van der Waals surface area (Å²) in [5.74, 6) is -3.27. The van der Waals surface area contributed by atoms with Gasteiger partial charge in [-0.25, -0.2) is 9.59 Å². The molecule has 12 heteroatoms. The molecule has 4 aromatic carbocycles. The quantitative estimate of drug-likeness (QED) is 0.177. The van der Waals surface area contributed by atoms with Crippen LogP contribution in [0.25, 0.3) is 0 Å².